The van der Waals surface area contributed by atoms with E-state index < -0.39 is 5.97 Å². The van der Waals surface area contributed by atoms with E-state index in [1.54, 1.807) is 41.5 Å². The lowest BCUT2D eigenvalue weighted by Crippen LogP contribution is -2.12. The molecule has 7 heteroatoms. The number of carboxylic acids is 1. The number of thioether (sulfide) groups is 1. The van der Waals surface area contributed by atoms with Gasteiger partial charge in [0.2, 0.25) is 0 Å². The van der Waals surface area contributed by atoms with Crippen molar-refractivity contribution >= 4 is 40.9 Å². The molecular weight excluding hydrogens is 355 g/mol. The molecule has 1 heterocycles. The van der Waals surface area contributed by atoms with E-state index in [1.165, 1.54) is 12.8 Å². The summed E-state index contributed by atoms with van der Waals surface area (Å²) in [5.41, 5.74) is 1.51. The minimum Gasteiger partial charge on any atom is -0.477 e. The summed E-state index contributed by atoms with van der Waals surface area (Å²) in [6.45, 7) is 2.07. The Morgan fingerprint density at radius 3 is 2.83 bits per heavy atom. The highest BCUT2D eigenvalue weighted by atomic mass is 35.5. The summed E-state index contributed by atoms with van der Waals surface area (Å²) in [4.78, 5) is 16.1. The molecule has 4 nitrogen and oxygen atoms in total. The van der Waals surface area contributed by atoms with Gasteiger partial charge in [-0.3, -0.25) is 0 Å². The molecule has 1 aromatic carbocycles. The maximum Gasteiger partial charge on any atom is 0.354 e. The highest BCUT2D eigenvalue weighted by Crippen LogP contribution is 2.35. The number of hydrogen-bond donors (Lipinski definition) is 1. The SMILES string of the molecule is Cc1nc(SCC2CC2)n(Cc2cc(Cl)ccc2Cl)c1C(=O)O. The number of aromatic carboxylic acids is 1. The summed E-state index contributed by atoms with van der Waals surface area (Å²) in [5.74, 6) is 0.721. The Labute approximate surface area is 148 Å². The summed E-state index contributed by atoms with van der Waals surface area (Å²) in [6, 6.07) is 5.20. The van der Waals surface area contributed by atoms with Crippen LogP contribution in [-0.2, 0) is 6.54 Å². The number of carboxylic acid groups (broad SMARTS) is 1. The molecule has 0 saturated heterocycles. The van der Waals surface area contributed by atoms with Crippen LogP contribution in [0.15, 0.2) is 23.4 Å². The summed E-state index contributed by atoms with van der Waals surface area (Å²) in [5, 5.41) is 11.4. The normalized spacial score (nSPS) is 14.2. The predicted molar refractivity (Wildman–Crippen MR) is 92.9 cm³/mol. The highest BCUT2D eigenvalue weighted by molar-refractivity contribution is 7.99. The van der Waals surface area contributed by atoms with Crippen LogP contribution in [-0.4, -0.2) is 26.4 Å². The molecule has 0 spiro atoms. The number of benzene rings is 1. The average molecular weight is 371 g/mol. The van der Waals surface area contributed by atoms with Gasteiger partial charge in [0, 0.05) is 15.8 Å². The smallest absolute Gasteiger partial charge is 0.354 e. The zero-order valence-corrected chi connectivity index (χ0v) is 14.9. The first kappa shape index (κ1) is 16.7. The largest absolute Gasteiger partial charge is 0.477 e. The third-order valence-electron chi connectivity index (χ3n) is 3.79. The molecule has 1 saturated carbocycles. The van der Waals surface area contributed by atoms with Crippen LogP contribution >= 0.6 is 35.0 Å². The Morgan fingerprint density at radius 2 is 2.17 bits per heavy atom. The molecule has 0 atom stereocenters. The van der Waals surface area contributed by atoms with Gasteiger partial charge in [-0.1, -0.05) is 35.0 Å². The molecule has 2 aromatic rings. The number of hydrogen-bond acceptors (Lipinski definition) is 3. The van der Waals surface area contributed by atoms with Crippen molar-refractivity contribution in [3.63, 3.8) is 0 Å². The van der Waals surface area contributed by atoms with Gasteiger partial charge < -0.3 is 9.67 Å². The molecule has 0 unspecified atom stereocenters. The summed E-state index contributed by atoms with van der Waals surface area (Å²) in [6.07, 6.45) is 2.50. The number of halogens is 2. The van der Waals surface area contributed by atoms with Crippen molar-refractivity contribution in [1.29, 1.82) is 0 Å². The minimum atomic E-state index is -0.980. The second-order valence-electron chi connectivity index (χ2n) is 5.71. The second kappa shape index (κ2) is 6.75. The van der Waals surface area contributed by atoms with Crippen LogP contribution in [0.2, 0.25) is 10.0 Å². The Morgan fingerprint density at radius 1 is 1.43 bits per heavy atom. The zero-order chi connectivity index (χ0) is 16.6. The number of nitrogens with zero attached hydrogens (tertiary/aromatic N) is 2. The first-order valence-corrected chi connectivity index (χ1v) is 9.07. The number of imidazole rings is 1. The zero-order valence-electron chi connectivity index (χ0n) is 12.6. The van der Waals surface area contributed by atoms with E-state index in [-0.39, 0.29) is 5.69 Å². The Kier molecular flexibility index (Phi) is 4.90. The molecule has 0 aliphatic heterocycles. The van der Waals surface area contributed by atoms with Crippen LogP contribution in [0.5, 0.6) is 0 Å². The van der Waals surface area contributed by atoms with Crippen molar-refractivity contribution in [2.24, 2.45) is 5.92 Å². The van der Waals surface area contributed by atoms with Crippen LogP contribution in [0.25, 0.3) is 0 Å². The molecule has 1 aromatic heterocycles. The first-order chi connectivity index (χ1) is 11.0. The summed E-state index contributed by atoms with van der Waals surface area (Å²) < 4.78 is 1.72. The van der Waals surface area contributed by atoms with Crippen LogP contribution in [0.4, 0.5) is 0 Å². The second-order valence-corrected chi connectivity index (χ2v) is 7.54. The standard InChI is InChI=1S/C16H16Cl2N2O2S/c1-9-14(15(21)22)20(16(19-9)23-8-10-2-3-10)7-11-6-12(17)4-5-13(11)18/h4-6,10H,2-3,7-8H2,1H3,(H,21,22). The van der Waals surface area contributed by atoms with Gasteiger partial charge in [-0.15, -0.1) is 0 Å². The van der Waals surface area contributed by atoms with Crippen LogP contribution in [0.1, 0.15) is 34.6 Å². The van der Waals surface area contributed by atoms with Gasteiger partial charge in [0.25, 0.3) is 0 Å². The lowest BCUT2D eigenvalue weighted by molar-refractivity contribution is 0.0684. The van der Waals surface area contributed by atoms with Crippen molar-refractivity contribution in [2.75, 3.05) is 5.75 Å². The molecule has 1 aliphatic rings. The van der Waals surface area contributed by atoms with E-state index in [0.717, 1.165) is 22.4 Å². The van der Waals surface area contributed by atoms with Crippen molar-refractivity contribution in [1.82, 2.24) is 9.55 Å². The third kappa shape index (κ3) is 3.84. The van der Waals surface area contributed by atoms with Gasteiger partial charge >= 0.3 is 5.97 Å². The third-order valence-corrected chi connectivity index (χ3v) is 5.60. The Hall–Kier alpha value is -1.17. The van der Waals surface area contributed by atoms with Gasteiger partial charge in [-0.05, 0) is 49.4 Å². The van der Waals surface area contributed by atoms with Crippen molar-refractivity contribution in [3.05, 3.63) is 45.2 Å². The van der Waals surface area contributed by atoms with Gasteiger partial charge in [0.05, 0.1) is 12.2 Å². The van der Waals surface area contributed by atoms with Crippen LogP contribution < -0.4 is 0 Å². The fraction of sp³-hybridized carbons (Fsp3) is 0.375. The fourth-order valence-electron chi connectivity index (χ4n) is 2.39. The lowest BCUT2D eigenvalue weighted by Gasteiger charge is -2.11. The topological polar surface area (TPSA) is 55.1 Å². The van der Waals surface area contributed by atoms with E-state index in [9.17, 15) is 9.90 Å². The maximum absolute atomic E-state index is 11.6. The molecule has 23 heavy (non-hydrogen) atoms. The Bertz CT molecular complexity index is 757. The highest BCUT2D eigenvalue weighted by Gasteiger charge is 2.25. The number of aromatic nitrogens is 2. The summed E-state index contributed by atoms with van der Waals surface area (Å²) in [7, 11) is 0. The van der Waals surface area contributed by atoms with Crippen molar-refractivity contribution in [2.45, 2.75) is 31.5 Å². The van der Waals surface area contributed by atoms with Gasteiger partial charge in [0.15, 0.2) is 10.9 Å². The molecule has 0 bridgehead atoms. The molecular formula is C16H16Cl2N2O2S. The van der Waals surface area contributed by atoms with E-state index in [2.05, 4.69) is 4.98 Å². The van der Waals surface area contributed by atoms with Gasteiger partial charge in [-0.25, -0.2) is 9.78 Å². The molecule has 0 radical (unpaired) electrons. The van der Waals surface area contributed by atoms with Crippen LogP contribution in [0, 0.1) is 12.8 Å². The van der Waals surface area contributed by atoms with Crippen molar-refractivity contribution < 1.29 is 9.90 Å². The van der Waals surface area contributed by atoms with E-state index in [1.807, 2.05) is 0 Å². The molecule has 3 rings (SSSR count). The predicted octanol–water partition coefficient (Wildman–Crippen LogP) is 4.75. The minimum absolute atomic E-state index is 0.208. The van der Waals surface area contributed by atoms with Gasteiger partial charge in [0.1, 0.15) is 0 Å². The summed E-state index contributed by atoms with van der Waals surface area (Å²) >= 11 is 13.9. The number of rotatable bonds is 6. The van der Waals surface area contributed by atoms with Gasteiger partial charge in [-0.2, -0.15) is 0 Å². The maximum atomic E-state index is 11.6. The van der Waals surface area contributed by atoms with Crippen molar-refractivity contribution in [3.8, 4) is 0 Å². The van der Waals surface area contributed by atoms with E-state index in [4.69, 9.17) is 23.2 Å². The first-order valence-electron chi connectivity index (χ1n) is 7.33. The molecule has 1 fully saturated rings. The number of carbonyl (C=O) groups is 1. The monoisotopic (exact) mass is 370 g/mol. The van der Waals surface area contributed by atoms with E-state index in [0.29, 0.717) is 22.3 Å². The molecule has 1 aliphatic carbocycles. The average Bonchev–Trinajstić information content (AvgIpc) is 3.25. The lowest BCUT2D eigenvalue weighted by atomic mass is 10.2. The fourth-order valence-corrected chi connectivity index (χ4v) is 3.99. The quantitative estimate of drug-likeness (QED) is 0.745. The Balaban J connectivity index is 1.96. The molecule has 122 valence electrons. The number of aryl methyl sites for hydroxylation is 1. The van der Waals surface area contributed by atoms with Crippen LogP contribution in [0.3, 0.4) is 0 Å². The van der Waals surface area contributed by atoms with E-state index >= 15 is 0 Å². The molecule has 1 N–H and O–H groups in total. The molecule has 0 amide bonds.